The summed E-state index contributed by atoms with van der Waals surface area (Å²) < 4.78 is 0. The highest BCUT2D eigenvalue weighted by Crippen LogP contribution is 2.21. The van der Waals surface area contributed by atoms with E-state index in [0.717, 1.165) is 12.8 Å². The normalized spacial score (nSPS) is 16.6. The Balaban J connectivity index is 1.94. The van der Waals surface area contributed by atoms with Crippen LogP contribution in [0.1, 0.15) is 18.1 Å². The van der Waals surface area contributed by atoms with Crippen molar-refractivity contribution in [1.29, 1.82) is 0 Å². The number of benzene rings is 1. The van der Waals surface area contributed by atoms with Gasteiger partial charge in [0.05, 0.1) is 6.04 Å². The minimum absolute atomic E-state index is 0.107. The first kappa shape index (κ1) is 12.1. The van der Waals surface area contributed by atoms with Crippen molar-refractivity contribution >= 4 is 5.91 Å². The number of amides is 1. The van der Waals surface area contributed by atoms with Crippen LogP contribution in [-0.4, -0.2) is 37.0 Å². The standard InChI is InChI=1S/C14H20N2O/c1-10(14(17)16(2)3)15-13-8-11-6-4-5-7-12(11)9-13/h4-7,10,13,15H,8-9H2,1-3H3. The van der Waals surface area contributed by atoms with E-state index >= 15 is 0 Å². The average Bonchev–Trinajstić information content (AvgIpc) is 2.69. The lowest BCUT2D eigenvalue weighted by Gasteiger charge is -2.21. The van der Waals surface area contributed by atoms with Gasteiger partial charge in [-0.25, -0.2) is 0 Å². The first-order valence-corrected chi connectivity index (χ1v) is 6.12. The van der Waals surface area contributed by atoms with E-state index in [-0.39, 0.29) is 11.9 Å². The lowest BCUT2D eigenvalue weighted by atomic mass is 10.1. The second-order valence-electron chi connectivity index (χ2n) is 4.99. The first-order valence-electron chi connectivity index (χ1n) is 6.12. The third kappa shape index (κ3) is 2.67. The van der Waals surface area contributed by atoms with E-state index in [2.05, 4.69) is 29.6 Å². The fourth-order valence-electron chi connectivity index (χ4n) is 2.49. The molecule has 1 aromatic carbocycles. The molecule has 0 heterocycles. The highest BCUT2D eigenvalue weighted by Gasteiger charge is 2.24. The van der Waals surface area contributed by atoms with Crippen molar-refractivity contribution in [3.8, 4) is 0 Å². The molecule has 0 bridgehead atoms. The van der Waals surface area contributed by atoms with Gasteiger partial charge < -0.3 is 10.2 Å². The summed E-state index contributed by atoms with van der Waals surface area (Å²) in [6, 6.07) is 8.80. The summed E-state index contributed by atoms with van der Waals surface area (Å²) in [5.74, 6) is 0.140. The van der Waals surface area contributed by atoms with Gasteiger partial charge in [0, 0.05) is 20.1 Å². The quantitative estimate of drug-likeness (QED) is 0.850. The van der Waals surface area contributed by atoms with Crippen LogP contribution in [0.25, 0.3) is 0 Å². The number of nitrogens with zero attached hydrogens (tertiary/aromatic N) is 1. The van der Waals surface area contributed by atoms with Crippen LogP contribution in [-0.2, 0) is 17.6 Å². The van der Waals surface area contributed by atoms with Crippen molar-refractivity contribution in [3.63, 3.8) is 0 Å². The fraction of sp³-hybridized carbons (Fsp3) is 0.500. The predicted molar refractivity (Wildman–Crippen MR) is 68.9 cm³/mol. The second kappa shape index (κ2) is 4.88. The van der Waals surface area contributed by atoms with Gasteiger partial charge in [-0.2, -0.15) is 0 Å². The maximum Gasteiger partial charge on any atom is 0.238 e. The van der Waals surface area contributed by atoms with Crippen LogP contribution < -0.4 is 5.32 Å². The largest absolute Gasteiger partial charge is 0.347 e. The molecule has 92 valence electrons. The molecule has 0 radical (unpaired) electrons. The summed E-state index contributed by atoms with van der Waals surface area (Å²) in [6.07, 6.45) is 2.06. The Hall–Kier alpha value is -1.35. The van der Waals surface area contributed by atoms with E-state index in [1.54, 1.807) is 19.0 Å². The predicted octanol–water partition coefficient (Wildman–Crippen LogP) is 1.22. The Morgan fingerprint density at radius 3 is 2.29 bits per heavy atom. The summed E-state index contributed by atoms with van der Waals surface area (Å²) in [5, 5.41) is 3.42. The molecule has 1 aliphatic carbocycles. The molecule has 0 spiro atoms. The van der Waals surface area contributed by atoms with Crippen molar-refractivity contribution < 1.29 is 4.79 Å². The number of hydrogen-bond donors (Lipinski definition) is 1. The Labute approximate surface area is 103 Å². The highest BCUT2D eigenvalue weighted by atomic mass is 16.2. The molecule has 1 unspecified atom stereocenters. The third-order valence-corrected chi connectivity index (χ3v) is 3.35. The summed E-state index contributed by atoms with van der Waals surface area (Å²) in [7, 11) is 3.59. The van der Waals surface area contributed by atoms with E-state index in [4.69, 9.17) is 0 Å². The van der Waals surface area contributed by atoms with Gasteiger partial charge in [-0.15, -0.1) is 0 Å². The maximum atomic E-state index is 11.8. The minimum Gasteiger partial charge on any atom is -0.347 e. The molecule has 0 saturated heterocycles. The van der Waals surface area contributed by atoms with Gasteiger partial charge in [0.2, 0.25) is 5.91 Å². The summed E-state index contributed by atoms with van der Waals surface area (Å²) >= 11 is 0. The van der Waals surface area contributed by atoms with E-state index in [1.807, 2.05) is 6.92 Å². The topological polar surface area (TPSA) is 32.3 Å². The molecule has 1 N–H and O–H groups in total. The van der Waals surface area contributed by atoms with Crippen molar-refractivity contribution in [2.45, 2.75) is 31.8 Å². The van der Waals surface area contributed by atoms with Gasteiger partial charge in [0.25, 0.3) is 0 Å². The maximum absolute atomic E-state index is 11.8. The molecule has 0 fully saturated rings. The van der Waals surface area contributed by atoms with Crippen LogP contribution in [0, 0.1) is 0 Å². The number of rotatable bonds is 3. The van der Waals surface area contributed by atoms with Gasteiger partial charge in [-0.05, 0) is 30.9 Å². The van der Waals surface area contributed by atoms with Crippen molar-refractivity contribution in [1.82, 2.24) is 10.2 Å². The molecule has 0 aliphatic heterocycles. The zero-order chi connectivity index (χ0) is 12.4. The number of carbonyl (C=O) groups is 1. The number of carbonyl (C=O) groups excluding carboxylic acids is 1. The van der Waals surface area contributed by atoms with Gasteiger partial charge in [0.1, 0.15) is 0 Å². The lowest BCUT2D eigenvalue weighted by molar-refractivity contribution is -0.130. The van der Waals surface area contributed by atoms with Crippen molar-refractivity contribution in [3.05, 3.63) is 35.4 Å². The molecule has 2 rings (SSSR count). The molecule has 1 atom stereocenters. The Morgan fingerprint density at radius 2 is 1.82 bits per heavy atom. The summed E-state index contributed by atoms with van der Waals surface area (Å²) in [6.45, 7) is 1.94. The molecule has 1 amide bonds. The molecular formula is C14H20N2O. The molecule has 1 aromatic rings. The van der Waals surface area contributed by atoms with E-state index in [1.165, 1.54) is 11.1 Å². The molecule has 3 nitrogen and oxygen atoms in total. The Kier molecular flexibility index (Phi) is 3.48. The Morgan fingerprint density at radius 1 is 1.29 bits per heavy atom. The number of hydrogen-bond acceptors (Lipinski definition) is 2. The Bertz CT molecular complexity index is 389. The van der Waals surface area contributed by atoms with Crippen molar-refractivity contribution in [2.24, 2.45) is 0 Å². The van der Waals surface area contributed by atoms with E-state index in [0.29, 0.717) is 6.04 Å². The van der Waals surface area contributed by atoms with Crippen LogP contribution in [0.3, 0.4) is 0 Å². The van der Waals surface area contributed by atoms with E-state index in [9.17, 15) is 4.79 Å². The van der Waals surface area contributed by atoms with Gasteiger partial charge in [-0.1, -0.05) is 24.3 Å². The van der Waals surface area contributed by atoms with Crippen LogP contribution >= 0.6 is 0 Å². The minimum atomic E-state index is -0.107. The molecule has 17 heavy (non-hydrogen) atoms. The molecule has 1 aliphatic rings. The fourth-order valence-corrected chi connectivity index (χ4v) is 2.49. The lowest BCUT2D eigenvalue weighted by Crippen LogP contribution is -2.46. The summed E-state index contributed by atoms with van der Waals surface area (Å²) in [5.41, 5.74) is 2.82. The van der Waals surface area contributed by atoms with Crippen LogP contribution in [0.4, 0.5) is 0 Å². The van der Waals surface area contributed by atoms with E-state index < -0.39 is 0 Å². The van der Waals surface area contributed by atoms with Gasteiger partial charge >= 0.3 is 0 Å². The molecular weight excluding hydrogens is 212 g/mol. The SMILES string of the molecule is CC(NC1Cc2ccccc2C1)C(=O)N(C)C. The highest BCUT2D eigenvalue weighted by molar-refractivity contribution is 5.80. The zero-order valence-corrected chi connectivity index (χ0v) is 10.7. The average molecular weight is 232 g/mol. The monoisotopic (exact) mass is 232 g/mol. The second-order valence-corrected chi connectivity index (χ2v) is 4.99. The van der Waals surface area contributed by atoms with Crippen LogP contribution in [0.2, 0.25) is 0 Å². The van der Waals surface area contributed by atoms with Gasteiger partial charge in [0.15, 0.2) is 0 Å². The van der Waals surface area contributed by atoms with Crippen LogP contribution in [0.5, 0.6) is 0 Å². The number of fused-ring (bicyclic) bond motifs is 1. The first-order chi connectivity index (χ1) is 8.08. The molecule has 0 saturated carbocycles. The summed E-state index contributed by atoms with van der Waals surface area (Å²) in [4.78, 5) is 13.4. The molecule has 3 heteroatoms. The van der Waals surface area contributed by atoms with Crippen LogP contribution in [0.15, 0.2) is 24.3 Å². The smallest absolute Gasteiger partial charge is 0.238 e. The third-order valence-electron chi connectivity index (χ3n) is 3.35. The van der Waals surface area contributed by atoms with Gasteiger partial charge in [-0.3, -0.25) is 4.79 Å². The molecule has 0 aromatic heterocycles. The number of likely N-dealkylation sites (N-methyl/N-ethyl adjacent to an activating group) is 1. The van der Waals surface area contributed by atoms with Crippen molar-refractivity contribution in [2.75, 3.05) is 14.1 Å². The number of nitrogens with one attached hydrogen (secondary N) is 1. The zero-order valence-electron chi connectivity index (χ0n) is 10.7.